The number of rotatable bonds is 0. The second-order valence-electron chi connectivity index (χ2n) is 3.26. The third-order valence-corrected chi connectivity index (χ3v) is 1.19. The Balaban J connectivity index is 0. The van der Waals surface area contributed by atoms with Gasteiger partial charge in [-0.25, -0.2) is 0 Å². The van der Waals surface area contributed by atoms with Crippen LogP contribution in [0.5, 0.6) is 0 Å². The Bertz CT molecular complexity index is 204. The first-order valence-electron chi connectivity index (χ1n) is 3.30. The van der Waals surface area contributed by atoms with Crippen molar-refractivity contribution in [2.45, 2.75) is 26.2 Å². The Hall–Kier alpha value is 0.716. The molecule has 1 aromatic heterocycles. The number of hydrogen-bond acceptors (Lipinski definition) is 2. The maximum atomic E-state index is 4.11. The number of aromatic nitrogens is 2. The molecule has 0 atom stereocenters. The zero-order valence-corrected chi connectivity index (χ0v) is 11.7. The fourth-order valence-electron chi connectivity index (χ4n) is 0.630. The standard InChI is InChI=1S/C8H11N2.CH3.K/c1-8(2,3)7-9-5-4-6-10-7;;/h4-5H,1-3H3;1H3;/q2*-1;+1. The average Bonchev–Trinajstić information content (AvgIpc) is 1.88. The fraction of sp³-hybridized carbons (Fsp3) is 0.444. The van der Waals surface area contributed by atoms with E-state index in [1.165, 1.54) is 0 Å². The van der Waals surface area contributed by atoms with Crippen molar-refractivity contribution in [1.29, 1.82) is 0 Å². The van der Waals surface area contributed by atoms with Gasteiger partial charge in [0.05, 0.1) is 0 Å². The van der Waals surface area contributed by atoms with E-state index in [2.05, 4.69) is 36.9 Å². The predicted molar refractivity (Wildman–Crippen MR) is 46.0 cm³/mol. The first-order chi connectivity index (χ1) is 4.61. The van der Waals surface area contributed by atoms with Crippen LogP contribution in [0.1, 0.15) is 26.6 Å². The van der Waals surface area contributed by atoms with Gasteiger partial charge >= 0.3 is 51.4 Å². The summed E-state index contributed by atoms with van der Waals surface area (Å²) in [5.41, 5.74) is 0.0394. The van der Waals surface area contributed by atoms with E-state index in [0.717, 1.165) is 5.82 Å². The minimum Gasteiger partial charge on any atom is -0.373 e. The normalized spacial score (nSPS) is 9.58. The molecule has 0 aliphatic carbocycles. The van der Waals surface area contributed by atoms with Gasteiger partial charge in [0.25, 0.3) is 0 Å². The van der Waals surface area contributed by atoms with E-state index in [1.54, 1.807) is 12.3 Å². The van der Waals surface area contributed by atoms with Crippen molar-refractivity contribution < 1.29 is 51.4 Å². The van der Waals surface area contributed by atoms with E-state index in [9.17, 15) is 0 Å². The van der Waals surface area contributed by atoms with Crippen molar-refractivity contribution in [3.8, 4) is 0 Å². The Morgan fingerprint density at radius 3 is 2.17 bits per heavy atom. The summed E-state index contributed by atoms with van der Waals surface area (Å²) in [6.45, 7) is 6.24. The third kappa shape index (κ3) is 4.67. The molecule has 0 N–H and O–H groups in total. The molecule has 2 nitrogen and oxygen atoms in total. The largest absolute Gasteiger partial charge is 1.00 e. The molecule has 0 radical (unpaired) electrons. The van der Waals surface area contributed by atoms with Crippen LogP contribution >= 0.6 is 0 Å². The van der Waals surface area contributed by atoms with E-state index in [1.807, 2.05) is 0 Å². The van der Waals surface area contributed by atoms with E-state index in [-0.39, 0.29) is 64.2 Å². The van der Waals surface area contributed by atoms with Gasteiger partial charge in [-0.15, -0.1) is 6.07 Å². The summed E-state index contributed by atoms with van der Waals surface area (Å²) < 4.78 is 0. The first-order valence-corrected chi connectivity index (χ1v) is 3.30. The molecular weight excluding hydrogens is 175 g/mol. The molecule has 0 aromatic carbocycles. The van der Waals surface area contributed by atoms with Gasteiger partial charge in [0.2, 0.25) is 0 Å². The second kappa shape index (κ2) is 6.21. The Kier molecular flexibility index (Phi) is 7.87. The van der Waals surface area contributed by atoms with Crippen LogP contribution in [-0.4, -0.2) is 9.97 Å². The van der Waals surface area contributed by atoms with Crippen molar-refractivity contribution >= 4 is 0 Å². The molecule has 0 spiro atoms. The van der Waals surface area contributed by atoms with Gasteiger partial charge in [-0.3, -0.25) is 0 Å². The summed E-state index contributed by atoms with van der Waals surface area (Å²) in [5, 5.41) is 0. The van der Waals surface area contributed by atoms with Gasteiger partial charge in [0.1, 0.15) is 0 Å². The molecule has 0 fully saturated rings. The molecule has 0 saturated carbocycles. The minimum atomic E-state index is 0. The van der Waals surface area contributed by atoms with Gasteiger partial charge in [0.15, 0.2) is 0 Å². The molecule has 3 heteroatoms. The molecule has 1 rings (SSSR count). The molecule has 0 aliphatic rings. The van der Waals surface area contributed by atoms with Crippen LogP contribution in [0.3, 0.4) is 0 Å². The molecule has 12 heavy (non-hydrogen) atoms. The van der Waals surface area contributed by atoms with E-state index >= 15 is 0 Å². The van der Waals surface area contributed by atoms with Crippen molar-refractivity contribution in [2.75, 3.05) is 0 Å². The first kappa shape index (κ1) is 15.2. The van der Waals surface area contributed by atoms with Crippen LogP contribution in [0.15, 0.2) is 12.3 Å². The van der Waals surface area contributed by atoms with Gasteiger partial charge in [0, 0.05) is 5.82 Å². The van der Waals surface area contributed by atoms with Gasteiger partial charge in [-0.05, 0) is 5.41 Å². The summed E-state index contributed by atoms with van der Waals surface area (Å²) in [5.74, 6) is 0.843. The Morgan fingerprint density at radius 1 is 1.33 bits per heavy atom. The van der Waals surface area contributed by atoms with E-state index in [4.69, 9.17) is 0 Å². The van der Waals surface area contributed by atoms with Gasteiger partial charge in [-0.2, -0.15) is 0 Å². The monoisotopic (exact) mass is 189 g/mol. The number of hydrogen-bond donors (Lipinski definition) is 0. The zero-order valence-electron chi connectivity index (χ0n) is 8.55. The Labute approximate surface area is 118 Å². The van der Waals surface area contributed by atoms with Crippen LogP contribution < -0.4 is 51.4 Å². The second-order valence-corrected chi connectivity index (χ2v) is 3.26. The van der Waals surface area contributed by atoms with Crippen LogP contribution in [-0.2, 0) is 5.41 Å². The maximum absolute atomic E-state index is 4.11. The summed E-state index contributed by atoms with van der Waals surface area (Å²) in [7, 11) is 0. The quantitative estimate of drug-likeness (QED) is 0.388. The number of nitrogens with zero attached hydrogens (tertiary/aromatic N) is 2. The fourth-order valence-corrected chi connectivity index (χ4v) is 0.630. The predicted octanol–water partition coefficient (Wildman–Crippen LogP) is -0.971. The van der Waals surface area contributed by atoms with Gasteiger partial charge in [-0.1, -0.05) is 33.2 Å². The molecular formula is C9H14KN2-. The average molecular weight is 189 g/mol. The van der Waals surface area contributed by atoms with Crippen molar-refractivity contribution in [2.24, 2.45) is 0 Å². The van der Waals surface area contributed by atoms with E-state index < -0.39 is 0 Å². The van der Waals surface area contributed by atoms with Gasteiger partial charge < -0.3 is 17.4 Å². The third-order valence-electron chi connectivity index (χ3n) is 1.19. The summed E-state index contributed by atoms with van der Waals surface area (Å²) in [6.07, 6.45) is 4.47. The molecule has 0 saturated heterocycles. The minimum absolute atomic E-state index is 0. The molecule has 0 unspecified atom stereocenters. The molecule has 0 amide bonds. The van der Waals surface area contributed by atoms with Crippen LogP contribution in [0.4, 0.5) is 0 Å². The van der Waals surface area contributed by atoms with Crippen molar-refractivity contribution in [1.82, 2.24) is 9.97 Å². The topological polar surface area (TPSA) is 25.8 Å². The van der Waals surface area contributed by atoms with Crippen molar-refractivity contribution in [3.63, 3.8) is 0 Å². The Morgan fingerprint density at radius 2 is 1.92 bits per heavy atom. The van der Waals surface area contributed by atoms with Crippen LogP contribution in [0.25, 0.3) is 0 Å². The molecule has 1 heterocycles. The molecule has 1 aromatic rings. The van der Waals surface area contributed by atoms with Crippen LogP contribution in [0.2, 0.25) is 0 Å². The summed E-state index contributed by atoms with van der Waals surface area (Å²) in [6, 6.07) is 1.70. The van der Waals surface area contributed by atoms with Crippen LogP contribution in [0, 0.1) is 13.6 Å². The SMILES string of the molecule is CC(C)(C)c1n[c-]ccn1.[CH3-].[K+]. The molecule has 0 bridgehead atoms. The summed E-state index contributed by atoms with van der Waals surface area (Å²) >= 11 is 0. The smallest absolute Gasteiger partial charge is 0.373 e. The van der Waals surface area contributed by atoms with Crippen molar-refractivity contribution in [3.05, 3.63) is 31.7 Å². The zero-order chi connectivity index (χ0) is 7.61. The molecule has 0 aliphatic heterocycles. The maximum Gasteiger partial charge on any atom is 1.00 e. The molecule has 62 valence electrons. The summed E-state index contributed by atoms with van der Waals surface area (Å²) in [4.78, 5) is 8.12. The van der Waals surface area contributed by atoms with E-state index in [0.29, 0.717) is 0 Å².